The van der Waals surface area contributed by atoms with Gasteiger partial charge in [-0.3, -0.25) is 4.79 Å². The number of hydrogen-bond donors (Lipinski definition) is 1. The third-order valence-corrected chi connectivity index (χ3v) is 5.31. The van der Waals surface area contributed by atoms with Crippen molar-refractivity contribution in [3.8, 4) is 11.5 Å². The Kier molecular flexibility index (Phi) is 6.81. The molecule has 140 valence electrons. The molecule has 1 N–H and O–H groups in total. The van der Waals surface area contributed by atoms with E-state index in [4.69, 9.17) is 4.42 Å². The molecule has 1 aromatic heterocycles. The third kappa shape index (κ3) is 5.16. The molecule has 5 nitrogen and oxygen atoms in total. The number of rotatable bonds is 8. The minimum Gasteiger partial charge on any atom is -0.421 e. The van der Waals surface area contributed by atoms with E-state index in [9.17, 15) is 4.79 Å². The normalized spacial score (nSPS) is 20.0. The van der Waals surface area contributed by atoms with E-state index < -0.39 is 0 Å². The van der Waals surface area contributed by atoms with E-state index in [-0.39, 0.29) is 11.8 Å². The van der Waals surface area contributed by atoms with E-state index >= 15 is 0 Å². The molecule has 1 aromatic carbocycles. The number of amides is 1. The van der Waals surface area contributed by atoms with Gasteiger partial charge >= 0.3 is 0 Å². The first-order valence-electron chi connectivity index (χ1n) is 9.91. The van der Waals surface area contributed by atoms with Crippen LogP contribution >= 0.6 is 0 Å². The lowest BCUT2D eigenvalue weighted by atomic mass is 9.79. The van der Waals surface area contributed by atoms with Crippen LogP contribution in [0, 0.1) is 11.8 Å². The fourth-order valence-corrected chi connectivity index (χ4v) is 3.70. The van der Waals surface area contributed by atoms with Gasteiger partial charge in [0.25, 0.3) is 0 Å². The summed E-state index contributed by atoms with van der Waals surface area (Å²) in [7, 11) is 0. The van der Waals surface area contributed by atoms with Crippen LogP contribution in [-0.4, -0.2) is 22.6 Å². The molecule has 2 aromatic rings. The molecule has 1 heterocycles. The summed E-state index contributed by atoms with van der Waals surface area (Å²) in [5.74, 6) is 2.27. The van der Waals surface area contributed by atoms with Gasteiger partial charge in [0.2, 0.25) is 17.7 Å². The summed E-state index contributed by atoms with van der Waals surface area (Å²) in [6.45, 7) is 2.79. The Morgan fingerprint density at radius 2 is 1.92 bits per heavy atom. The minimum absolute atomic E-state index is 0.176. The Hall–Kier alpha value is -2.17. The lowest BCUT2D eigenvalue weighted by Gasteiger charge is -2.27. The Labute approximate surface area is 155 Å². The van der Waals surface area contributed by atoms with Crippen molar-refractivity contribution in [1.82, 2.24) is 15.5 Å². The molecule has 1 saturated carbocycles. The molecular formula is C21H29N3O2. The van der Waals surface area contributed by atoms with Crippen molar-refractivity contribution in [3.63, 3.8) is 0 Å². The molecule has 0 bridgehead atoms. The molecule has 26 heavy (non-hydrogen) atoms. The maximum absolute atomic E-state index is 12.4. The first-order chi connectivity index (χ1) is 12.8. The van der Waals surface area contributed by atoms with Crippen LogP contribution in [0.15, 0.2) is 34.7 Å². The van der Waals surface area contributed by atoms with E-state index in [1.807, 2.05) is 30.3 Å². The average Bonchev–Trinajstić information content (AvgIpc) is 3.16. The smallest absolute Gasteiger partial charge is 0.247 e. The molecule has 0 saturated heterocycles. The summed E-state index contributed by atoms with van der Waals surface area (Å²) < 4.78 is 5.68. The van der Waals surface area contributed by atoms with Crippen LogP contribution in [0.3, 0.4) is 0 Å². The number of nitrogens with zero attached hydrogens (tertiary/aromatic N) is 2. The predicted octanol–water partition coefficient (Wildman–Crippen LogP) is 4.39. The Morgan fingerprint density at radius 1 is 1.15 bits per heavy atom. The molecular weight excluding hydrogens is 326 g/mol. The van der Waals surface area contributed by atoms with Crippen molar-refractivity contribution in [2.75, 3.05) is 6.54 Å². The van der Waals surface area contributed by atoms with Gasteiger partial charge in [0.1, 0.15) is 0 Å². The summed E-state index contributed by atoms with van der Waals surface area (Å²) in [5.41, 5.74) is 0.912. The number of benzene rings is 1. The molecule has 1 fully saturated rings. The van der Waals surface area contributed by atoms with Crippen LogP contribution < -0.4 is 5.32 Å². The number of nitrogens with one attached hydrogen (secondary N) is 1. The standard InChI is InChI=1S/C21H29N3O2/c1-2-3-7-16-10-12-17(13-11-16)20(25)22-15-14-19-23-24-21(26-19)18-8-5-4-6-9-18/h4-6,8-9,16-17H,2-3,7,10-15H2,1H3,(H,22,25). The van der Waals surface area contributed by atoms with Crippen LogP contribution in [0.4, 0.5) is 0 Å². The predicted molar refractivity (Wildman–Crippen MR) is 101 cm³/mol. The maximum Gasteiger partial charge on any atom is 0.247 e. The Balaban J connectivity index is 1.39. The highest BCUT2D eigenvalue weighted by atomic mass is 16.4. The van der Waals surface area contributed by atoms with Crippen molar-refractivity contribution >= 4 is 5.91 Å². The molecule has 0 spiro atoms. The summed E-state index contributed by atoms with van der Waals surface area (Å²) >= 11 is 0. The van der Waals surface area contributed by atoms with E-state index in [1.165, 1.54) is 32.1 Å². The van der Waals surface area contributed by atoms with Crippen molar-refractivity contribution in [3.05, 3.63) is 36.2 Å². The van der Waals surface area contributed by atoms with E-state index in [1.54, 1.807) is 0 Å². The lowest BCUT2D eigenvalue weighted by Crippen LogP contribution is -2.34. The molecule has 1 aliphatic rings. The van der Waals surface area contributed by atoms with Crippen molar-refractivity contribution < 1.29 is 9.21 Å². The van der Waals surface area contributed by atoms with Gasteiger partial charge in [-0.05, 0) is 43.7 Å². The number of carbonyl (C=O) groups is 1. The Morgan fingerprint density at radius 3 is 2.65 bits per heavy atom. The molecule has 5 heteroatoms. The molecule has 1 amide bonds. The van der Waals surface area contributed by atoms with Gasteiger partial charge in [0.05, 0.1) is 0 Å². The topological polar surface area (TPSA) is 68.0 Å². The quantitative estimate of drug-likeness (QED) is 0.762. The van der Waals surface area contributed by atoms with Gasteiger partial charge in [-0.1, -0.05) is 44.4 Å². The zero-order chi connectivity index (χ0) is 18.2. The summed E-state index contributed by atoms with van der Waals surface area (Å²) in [6.07, 6.45) is 8.92. The van der Waals surface area contributed by atoms with Crippen LogP contribution in [0.5, 0.6) is 0 Å². The number of unbranched alkanes of at least 4 members (excludes halogenated alkanes) is 1. The van der Waals surface area contributed by atoms with Crippen LogP contribution in [0.2, 0.25) is 0 Å². The Bertz CT molecular complexity index is 676. The number of aromatic nitrogens is 2. The molecule has 1 aliphatic carbocycles. The van der Waals surface area contributed by atoms with Gasteiger partial charge < -0.3 is 9.73 Å². The second-order valence-corrected chi connectivity index (χ2v) is 7.27. The molecule has 0 radical (unpaired) electrons. The van der Waals surface area contributed by atoms with Gasteiger partial charge in [-0.15, -0.1) is 10.2 Å². The summed E-state index contributed by atoms with van der Waals surface area (Å²) in [4.78, 5) is 12.4. The highest BCUT2D eigenvalue weighted by Gasteiger charge is 2.25. The van der Waals surface area contributed by atoms with Gasteiger partial charge in [0.15, 0.2) is 0 Å². The summed E-state index contributed by atoms with van der Waals surface area (Å²) in [6, 6.07) is 9.71. The van der Waals surface area contributed by atoms with E-state index in [2.05, 4.69) is 22.4 Å². The van der Waals surface area contributed by atoms with Gasteiger partial charge in [-0.25, -0.2) is 0 Å². The van der Waals surface area contributed by atoms with Crippen LogP contribution in [-0.2, 0) is 11.2 Å². The second kappa shape index (κ2) is 9.51. The largest absolute Gasteiger partial charge is 0.421 e. The molecule has 0 atom stereocenters. The van der Waals surface area contributed by atoms with Gasteiger partial charge in [-0.2, -0.15) is 0 Å². The van der Waals surface area contributed by atoms with Crippen LogP contribution in [0.1, 0.15) is 57.8 Å². The van der Waals surface area contributed by atoms with Crippen molar-refractivity contribution in [1.29, 1.82) is 0 Å². The fraction of sp³-hybridized carbons (Fsp3) is 0.571. The molecule has 0 unspecified atom stereocenters. The molecule has 0 aliphatic heterocycles. The number of hydrogen-bond acceptors (Lipinski definition) is 4. The van der Waals surface area contributed by atoms with Crippen LogP contribution in [0.25, 0.3) is 11.5 Å². The van der Waals surface area contributed by atoms with E-state index in [0.29, 0.717) is 24.7 Å². The SMILES string of the molecule is CCCCC1CCC(C(=O)NCCc2nnc(-c3ccccc3)o2)CC1. The highest BCUT2D eigenvalue weighted by Crippen LogP contribution is 2.31. The molecule has 3 rings (SSSR count). The van der Waals surface area contributed by atoms with Crippen molar-refractivity contribution in [2.45, 2.75) is 58.3 Å². The third-order valence-electron chi connectivity index (χ3n) is 5.31. The first kappa shape index (κ1) is 18.6. The second-order valence-electron chi connectivity index (χ2n) is 7.27. The monoisotopic (exact) mass is 355 g/mol. The zero-order valence-corrected chi connectivity index (χ0v) is 15.6. The maximum atomic E-state index is 12.4. The highest BCUT2D eigenvalue weighted by molar-refractivity contribution is 5.78. The summed E-state index contributed by atoms with van der Waals surface area (Å²) in [5, 5.41) is 11.2. The average molecular weight is 355 g/mol. The minimum atomic E-state index is 0.176. The number of carbonyl (C=O) groups excluding carboxylic acids is 1. The fourth-order valence-electron chi connectivity index (χ4n) is 3.70. The first-order valence-corrected chi connectivity index (χ1v) is 9.91. The lowest BCUT2D eigenvalue weighted by molar-refractivity contribution is -0.126. The zero-order valence-electron chi connectivity index (χ0n) is 15.6. The van der Waals surface area contributed by atoms with Gasteiger partial charge in [0, 0.05) is 24.4 Å². The van der Waals surface area contributed by atoms with E-state index in [0.717, 1.165) is 24.3 Å². The van der Waals surface area contributed by atoms with Crippen molar-refractivity contribution in [2.24, 2.45) is 11.8 Å².